The van der Waals surface area contributed by atoms with Gasteiger partial charge in [-0.15, -0.1) is 0 Å². The molecule has 0 spiro atoms. The van der Waals surface area contributed by atoms with Crippen molar-refractivity contribution < 1.29 is 18.0 Å². The van der Waals surface area contributed by atoms with E-state index < -0.39 is 21.0 Å². The highest BCUT2D eigenvalue weighted by Gasteiger charge is 2.29. The molecule has 0 saturated carbocycles. The molecule has 0 radical (unpaired) electrons. The summed E-state index contributed by atoms with van der Waals surface area (Å²) >= 11 is 6.02. The number of nitrogens with one attached hydrogen (secondary N) is 1. The second-order valence-corrected chi connectivity index (χ2v) is 9.57. The Balaban J connectivity index is 1.75. The molecule has 28 heavy (non-hydrogen) atoms. The van der Waals surface area contributed by atoms with Crippen LogP contribution in [0.25, 0.3) is 0 Å². The van der Waals surface area contributed by atoms with Gasteiger partial charge < -0.3 is 10.2 Å². The van der Waals surface area contributed by atoms with E-state index in [1.807, 2.05) is 0 Å². The third-order valence-electron chi connectivity index (χ3n) is 4.81. The lowest BCUT2D eigenvalue weighted by atomic mass is 10.2. The molecule has 1 atom stereocenters. The van der Waals surface area contributed by atoms with Crippen LogP contribution in [0.2, 0.25) is 5.02 Å². The monoisotopic (exact) mass is 420 g/mol. The van der Waals surface area contributed by atoms with E-state index in [1.54, 1.807) is 41.3 Å². The number of nitrogens with zero attached hydrogens (tertiary/aromatic N) is 1. The summed E-state index contributed by atoms with van der Waals surface area (Å²) in [6.45, 7) is 3.54. The fourth-order valence-electron chi connectivity index (χ4n) is 3.25. The van der Waals surface area contributed by atoms with Crippen molar-refractivity contribution in [2.45, 2.75) is 36.8 Å². The molecule has 2 amide bonds. The van der Waals surface area contributed by atoms with E-state index in [1.165, 1.54) is 19.9 Å². The first-order chi connectivity index (χ1) is 13.2. The Kier molecular flexibility index (Phi) is 5.76. The molecule has 1 N–H and O–H groups in total. The van der Waals surface area contributed by atoms with E-state index >= 15 is 0 Å². The molecular formula is C20H21ClN2O4S. The zero-order valence-corrected chi connectivity index (χ0v) is 17.2. The summed E-state index contributed by atoms with van der Waals surface area (Å²) in [6, 6.07) is 11.5. The highest BCUT2D eigenvalue weighted by molar-refractivity contribution is 7.92. The standard InChI is InChI=1S/C20H21ClN2O4S/c1-13(11-20(25)22-18-6-4-3-5-17(18)21)28(26,27)16-7-8-19-15(12-16)9-10-23(19)14(2)24/h3-8,12-13H,9-11H2,1-2H3,(H,22,25). The second-order valence-electron chi connectivity index (χ2n) is 6.80. The first kappa shape index (κ1) is 20.4. The summed E-state index contributed by atoms with van der Waals surface area (Å²) in [5, 5.41) is 2.13. The van der Waals surface area contributed by atoms with Gasteiger partial charge in [-0.05, 0) is 49.2 Å². The number of carbonyl (C=O) groups excluding carboxylic acids is 2. The topological polar surface area (TPSA) is 83.6 Å². The van der Waals surface area contributed by atoms with Crippen LogP contribution in [0.15, 0.2) is 47.4 Å². The van der Waals surface area contributed by atoms with Crippen LogP contribution in [0.1, 0.15) is 25.8 Å². The first-order valence-corrected chi connectivity index (χ1v) is 10.8. The summed E-state index contributed by atoms with van der Waals surface area (Å²) in [4.78, 5) is 25.7. The van der Waals surface area contributed by atoms with Crippen molar-refractivity contribution in [3.05, 3.63) is 53.1 Å². The SMILES string of the molecule is CC(=O)N1CCc2cc(S(=O)(=O)C(C)CC(=O)Nc3ccccc3Cl)ccc21. The Labute approximate surface area is 169 Å². The van der Waals surface area contributed by atoms with Gasteiger partial charge in [-0.2, -0.15) is 0 Å². The van der Waals surface area contributed by atoms with E-state index in [2.05, 4.69) is 5.32 Å². The van der Waals surface area contributed by atoms with E-state index in [4.69, 9.17) is 11.6 Å². The van der Waals surface area contributed by atoms with Crippen LogP contribution in [-0.4, -0.2) is 32.0 Å². The number of sulfone groups is 1. The zero-order chi connectivity index (χ0) is 20.5. The van der Waals surface area contributed by atoms with Gasteiger partial charge in [-0.1, -0.05) is 23.7 Å². The van der Waals surface area contributed by atoms with Gasteiger partial charge in [-0.25, -0.2) is 8.42 Å². The number of amides is 2. The summed E-state index contributed by atoms with van der Waals surface area (Å²) in [5.41, 5.74) is 2.01. The minimum Gasteiger partial charge on any atom is -0.325 e. The van der Waals surface area contributed by atoms with Crippen molar-refractivity contribution in [2.24, 2.45) is 0 Å². The lowest BCUT2D eigenvalue weighted by molar-refractivity contribution is -0.117. The predicted octanol–water partition coefficient (Wildman–Crippen LogP) is 3.44. The maximum absolute atomic E-state index is 12.9. The van der Waals surface area contributed by atoms with Gasteiger partial charge in [-0.3, -0.25) is 9.59 Å². The van der Waals surface area contributed by atoms with Crippen molar-refractivity contribution in [1.82, 2.24) is 0 Å². The molecule has 2 aromatic rings. The normalized spacial score (nSPS) is 14.5. The highest BCUT2D eigenvalue weighted by atomic mass is 35.5. The largest absolute Gasteiger partial charge is 0.325 e. The van der Waals surface area contributed by atoms with Gasteiger partial charge in [0.15, 0.2) is 9.84 Å². The number of hydrogen-bond acceptors (Lipinski definition) is 4. The van der Waals surface area contributed by atoms with Gasteiger partial charge in [0.25, 0.3) is 0 Å². The number of halogens is 1. The zero-order valence-electron chi connectivity index (χ0n) is 15.6. The number of fused-ring (bicyclic) bond motifs is 1. The van der Waals surface area contributed by atoms with Gasteiger partial charge >= 0.3 is 0 Å². The highest BCUT2D eigenvalue weighted by Crippen LogP contribution is 2.31. The smallest absolute Gasteiger partial charge is 0.225 e. The molecule has 6 nitrogen and oxygen atoms in total. The third kappa shape index (κ3) is 4.05. The predicted molar refractivity (Wildman–Crippen MR) is 110 cm³/mol. The molecule has 0 aliphatic carbocycles. The van der Waals surface area contributed by atoms with Gasteiger partial charge in [0.2, 0.25) is 11.8 Å². The minimum atomic E-state index is -3.69. The van der Waals surface area contributed by atoms with Crippen LogP contribution in [-0.2, 0) is 25.8 Å². The number of hydrogen-bond donors (Lipinski definition) is 1. The summed E-state index contributed by atoms with van der Waals surface area (Å²) in [7, 11) is -3.69. The van der Waals surface area contributed by atoms with E-state index in [0.717, 1.165) is 11.3 Å². The first-order valence-electron chi connectivity index (χ1n) is 8.89. The molecular weight excluding hydrogens is 400 g/mol. The van der Waals surface area contributed by atoms with Crippen molar-refractivity contribution >= 4 is 44.6 Å². The Bertz CT molecular complexity index is 1040. The molecule has 3 rings (SSSR count). The van der Waals surface area contributed by atoms with Crippen LogP contribution >= 0.6 is 11.6 Å². The van der Waals surface area contributed by atoms with Crippen LogP contribution in [0.5, 0.6) is 0 Å². The van der Waals surface area contributed by atoms with Crippen molar-refractivity contribution in [2.75, 3.05) is 16.8 Å². The Hall–Kier alpha value is -2.38. The second kappa shape index (κ2) is 7.93. The van der Waals surface area contributed by atoms with Crippen molar-refractivity contribution in [3.8, 4) is 0 Å². The molecule has 2 aromatic carbocycles. The lowest BCUT2D eigenvalue weighted by Crippen LogP contribution is -2.26. The van der Waals surface area contributed by atoms with Crippen LogP contribution in [0.3, 0.4) is 0 Å². The fraction of sp³-hybridized carbons (Fsp3) is 0.300. The molecule has 1 unspecified atom stereocenters. The van der Waals surface area contributed by atoms with Crippen molar-refractivity contribution in [1.29, 1.82) is 0 Å². The summed E-state index contributed by atoms with van der Waals surface area (Å²) in [6.07, 6.45) is 0.420. The van der Waals surface area contributed by atoms with Crippen LogP contribution < -0.4 is 10.2 Å². The summed E-state index contributed by atoms with van der Waals surface area (Å²) in [5.74, 6) is -0.493. The molecule has 1 aliphatic rings. The molecule has 0 saturated heterocycles. The Morgan fingerprint density at radius 2 is 1.93 bits per heavy atom. The number of para-hydroxylation sites is 1. The number of anilines is 2. The van der Waals surface area contributed by atoms with E-state index in [-0.39, 0.29) is 17.2 Å². The van der Waals surface area contributed by atoms with E-state index in [9.17, 15) is 18.0 Å². The van der Waals surface area contributed by atoms with Gasteiger partial charge in [0, 0.05) is 25.6 Å². The molecule has 0 aromatic heterocycles. The molecule has 0 bridgehead atoms. The van der Waals surface area contributed by atoms with Crippen molar-refractivity contribution in [3.63, 3.8) is 0 Å². The average Bonchev–Trinajstić information content (AvgIpc) is 3.07. The average molecular weight is 421 g/mol. The lowest BCUT2D eigenvalue weighted by Gasteiger charge is -2.16. The minimum absolute atomic E-state index is 0.0704. The maximum atomic E-state index is 12.9. The third-order valence-corrected chi connectivity index (χ3v) is 7.27. The number of rotatable bonds is 5. The Morgan fingerprint density at radius 3 is 2.61 bits per heavy atom. The quantitative estimate of drug-likeness (QED) is 0.803. The van der Waals surface area contributed by atoms with Crippen LogP contribution in [0.4, 0.5) is 11.4 Å². The van der Waals surface area contributed by atoms with Gasteiger partial charge in [0.05, 0.1) is 20.9 Å². The van der Waals surface area contributed by atoms with E-state index in [0.29, 0.717) is 23.7 Å². The molecule has 1 aliphatic heterocycles. The summed E-state index contributed by atoms with van der Waals surface area (Å²) < 4.78 is 25.8. The molecule has 8 heteroatoms. The van der Waals surface area contributed by atoms with Gasteiger partial charge in [0.1, 0.15) is 0 Å². The molecule has 0 fully saturated rings. The molecule has 1 heterocycles. The Morgan fingerprint density at radius 1 is 1.21 bits per heavy atom. The number of carbonyl (C=O) groups is 2. The maximum Gasteiger partial charge on any atom is 0.225 e. The molecule has 148 valence electrons. The number of benzene rings is 2. The van der Waals surface area contributed by atoms with Crippen LogP contribution in [0, 0.1) is 0 Å². The fourth-order valence-corrected chi connectivity index (χ4v) is 4.83.